The zero-order valence-electron chi connectivity index (χ0n) is 13.7. The number of ketones is 2. The molecule has 0 fully saturated rings. The van der Waals surface area contributed by atoms with E-state index in [2.05, 4.69) is 5.10 Å². The van der Waals surface area contributed by atoms with Crippen LogP contribution in [0.2, 0.25) is 0 Å². The molecule has 5 nitrogen and oxygen atoms in total. The normalized spacial score (nSPS) is 10.6. The highest BCUT2D eigenvalue weighted by molar-refractivity contribution is 6.11. The van der Waals surface area contributed by atoms with Gasteiger partial charge in [-0.15, -0.1) is 0 Å². The quantitative estimate of drug-likeness (QED) is 0.516. The number of hydrogen-bond donors (Lipinski definition) is 0. The van der Waals surface area contributed by atoms with E-state index in [9.17, 15) is 9.59 Å². The van der Waals surface area contributed by atoms with E-state index in [1.165, 1.54) is 17.0 Å². The van der Waals surface area contributed by atoms with Gasteiger partial charge in [0, 0.05) is 5.56 Å². The lowest BCUT2D eigenvalue weighted by Gasteiger charge is -2.06. The molecule has 2 aromatic carbocycles. The van der Waals surface area contributed by atoms with Gasteiger partial charge in [0.05, 0.1) is 12.0 Å². The Labute approximate surface area is 149 Å². The first-order valence-electron chi connectivity index (χ1n) is 8.07. The minimum atomic E-state index is -0.369. The Morgan fingerprint density at radius 3 is 2.15 bits per heavy atom. The van der Waals surface area contributed by atoms with Crippen LogP contribution in [0.25, 0.3) is 5.69 Å². The van der Waals surface area contributed by atoms with Crippen LogP contribution < -0.4 is 0 Å². The SMILES string of the molecule is O=C(c1cc(C(=O)c2ccccc2)n(-c2ccccc2)n1)c1ccco1. The third-order valence-electron chi connectivity index (χ3n) is 3.96. The van der Waals surface area contributed by atoms with Gasteiger partial charge >= 0.3 is 0 Å². The van der Waals surface area contributed by atoms with Gasteiger partial charge in [-0.05, 0) is 30.3 Å². The number of nitrogens with zero attached hydrogens (tertiary/aromatic N) is 2. The van der Waals surface area contributed by atoms with Crippen LogP contribution in [0.3, 0.4) is 0 Å². The van der Waals surface area contributed by atoms with Crippen LogP contribution in [0.5, 0.6) is 0 Å². The fourth-order valence-electron chi connectivity index (χ4n) is 2.69. The molecule has 2 aromatic heterocycles. The minimum absolute atomic E-state index is 0.156. The van der Waals surface area contributed by atoms with E-state index in [1.54, 1.807) is 36.4 Å². The molecule has 26 heavy (non-hydrogen) atoms. The Hall–Kier alpha value is -3.73. The van der Waals surface area contributed by atoms with E-state index in [0.29, 0.717) is 16.9 Å². The second-order valence-corrected chi connectivity index (χ2v) is 5.66. The maximum atomic E-state index is 13.0. The van der Waals surface area contributed by atoms with Crippen LogP contribution in [0, 0.1) is 0 Å². The van der Waals surface area contributed by atoms with Gasteiger partial charge < -0.3 is 4.42 Å². The van der Waals surface area contributed by atoms with Gasteiger partial charge in [0.25, 0.3) is 0 Å². The first-order valence-corrected chi connectivity index (χ1v) is 8.07. The van der Waals surface area contributed by atoms with Gasteiger partial charge in [0.15, 0.2) is 5.76 Å². The van der Waals surface area contributed by atoms with Crippen molar-refractivity contribution >= 4 is 11.6 Å². The molecule has 0 atom stereocenters. The molecule has 0 spiro atoms. The molecular formula is C21H14N2O3. The van der Waals surface area contributed by atoms with Crippen molar-refractivity contribution in [2.75, 3.05) is 0 Å². The number of hydrogen-bond acceptors (Lipinski definition) is 4. The molecule has 0 aliphatic heterocycles. The zero-order valence-corrected chi connectivity index (χ0v) is 13.7. The van der Waals surface area contributed by atoms with E-state index in [4.69, 9.17) is 4.42 Å². The van der Waals surface area contributed by atoms with Crippen molar-refractivity contribution in [3.05, 3.63) is 108 Å². The molecule has 0 radical (unpaired) electrons. The summed E-state index contributed by atoms with van der Waals surface area (Å²) < 4.78 is 6.66. The van der Waals surface area contributed by atoms with Crippen molar-refractivity contribution in [3.8, 4) is 5.69 Å². The van der Waals surface area contributed by atoms with Crippen LogP contribution in [-0.2, 0) is 0 Å². The monoisotopic (exact) mass is 342 g/mol. The van der Waals surface area contributed by atoms with Crippen LogP contribution >= 0.6 is 0 Å². The molecule has 4 rings (SSSR count). The molecular weight excluding hydrogens is 328 g/mol. The second kappa shape index (κ2) is 6.64. The highest BCUT2D eigenvalue weighted by atomic mass is 16.3. The average molecular weight is 342 g/mol. The number of benzene rings is 2. The Morgan fingerprint density at radius 2 is 1.50 bits per heavy atom. The minimum Gasteiger partial charge on any atom is -0.461 e. The van der Waals surface area contributed by atoms with E-state index < -0.39 is 0 Å². The fraction of sp³-hybridized carbons (Fsp3) is 0. The molecule has 2 heterocycles. The Balaban J connectivity index is 1.84. The van der Waals surface area contributed by atoms with Crippen molar-refractivity contribution in [3.63, 3.8) is 0 Å². The highest BCUT2D eigenvalue weighted by Crippen LogP contribution is 2.19. The third-order valence-corrected chi connectivity index (χ3v) is 3.96. The molecule has 0 unspecified atom stereocenters. The number of rotatable bonds is 5. The largest absolute Gasteiger partial charge is 0.461 e. The summed E-state index contributed by atoms with van der Waals surface area (Å²) in [5.41, 5.74) is 1.70. The number of aromatic nitrogens is 2. The molecule has 4 aromatic rings. The Bertz CT molecular complexity index is 1050. The van der Waals surface area contributed by atoms with Crippen molar-refractivity contribution in [2.24, 2.45) is 0 Å². The van der Waals surface area contributed by atoms with E-state index in [1.807, 2.05) is 36.4 Å². The van der Waals surface area contributed by atoms with Crippen molar-refractivity contribution in [2.45, 2.75) is 0 Å². The van der Waals surface area contributed by atoms with E-state index in [-0.39, 0.29) is 23.0 Å². The number of carbonyl (C=O) groups excluding carboxylic acids is 2. The standard InChI is InChI=1S/C21H14N2O3/c24-20(15-8-3-1-4-9-15)18-14-17(21(25)19-12-7-13-26-19)22-23(18)16-10-5-2-6-11-16/h1-14H. The molecule has 0 aliphatic rings. The van der Waals surface area contributed by atoms with E-state index in [0.717, 1.165) is 0 Å². The van der Waals surface area contributed by atoms with Crippen LogP contribution in [0.15, 0.2) is 89.5 Å². The van der Waals surface area contributed by atoms with Crippen molar-refractivity contribution in [1.29, 1.82) is 0 Å². The summed E-state index contributed by atoms with van der Waals surface area (Å²) in [5, 5.41) is 4.37. The molecule has 0 saturated heterocycles. The van der Waals surface area contributed by atoms with E-state index >= 15 is 0 Å². The smallest absolute Gasteiger partial charge is 0.248 e. The summed E-state index contributed by atoms with van der Waals surface area (Å²) in [5.74, 6) is -0.395. The lowest BCUT2D eigenvalue weighted by Crippen LogP contribution is -2.10. The molecule has 0 N–H and O–H groups in total. The number of para-hydroxylation sites is 1. The van der Waals surface area contributed by atoms with Gasteiger partial charge in [0.2, 0.25) is 11.6 Å². The Kier molecular flexibility index (Phi) is 4.03. The molecule has 5 heteroatoms. The molecule has 0 aliphatic carbocycles. The molecule has 0 amide bonds. The molecule has 0 bridgehead atoms. The fourth-order valence-corrected chi connectivity index (χ4v) is 2.69. The summed E-state index contributed by atoms with van der Waals surface area (Å²) in [7, 11) is 0. The molecule has 126 valence electrons. The maximum Gasteiger partial charge on any atom is 0.248 e. The van der Waals surface area contributed by atoms with Crippen LogP contribution in [-0.4, -0.2) is 21.3 Å². The summed E-state index contributed by atoms with van der Waals surface area (Å²) in [6, 6.07) is 22.9. The van der Waals surface area contributed by atoms with Gasteiger partial charge in [0.1, 0.15) is 11.4 Å². The number of carbonyl (C=O) groups is 2. The van der Waals surface area contributed by atoms with Crippen LogP contribution in [0.1, 0.15) is 32.3 Å². The van der Waals surface area contributed by atoms with Gasteiger partial charge in [-0.1, -0.05) is 48.5 Å². The van der Waals surface area contributed by atoms with Gasteiger partial charge in [-0.2, -0.15) is 5.10 Å². The summed E-state index contributed by atoms with van der Waals surface area (Å²) >= 11 is 0. The topological polar surface area (TPSA) is 65.1 Å². The second-order valence-electron chi connectivity index (χ2n) is 5.66. The summed E-state index contributed by atoms with van der Waals surface area (Å²) in [6.45, 7) is 0. The first-order chi connectivity index (χ1) is 12.7. The predicted molar refractivity (Wildman–Crippen MR) is 95.6 cm³/mol. The average Bonchev–Trinajstić information content (AvgIpc) is 3.38. The van der Waals surface area contributed by atoms with Gasteiger partial charge in [-0.25, -0.2) is 4.68 Å². The van der Waals surface area contributed by atoms with Crippen molar-refractivity contribution < 1.29 is 14.0 Å². The summed E-state index contributed by atoms with van der Waals surface area (Å²) in [6.07, 6.45) is 1.43. The molecule has 0 saturated carbocycles. The maximum absolute atomic E-state index is 13.0. The first kappa shape index (κ1) is 15.8. The van der Waals surface area contributed by atoms with Crippen molar-refractivity contribution in [1.82, 2.24) is 9.78 Å². The summed E-state index contributed by atoms with van der Waals surface area (Å²) in [4.78, 5) is 25.5. The van der Waals surface area contributed by atoms with Gasteiger partial charge in [-0.3, -0.25) is 9.59 Å². The third kappa shape index (κ3) is 2.86. The predicted octanol–water partition coefficient (Wildman–Crippen LogP) is 3.93. The van der Waals surface area contributed by atoms with Crippen LogP contribution in [0.4, 0.5) is 0 Å². The lowest BCUT2D eigenvalue weighted by atomic mass is 10.1. The Morgan fingerprint density at radius 1 is 0.808 bits per heavy atom. The zero-order chi connectivity index (χ0) is 17.9. The number of furan rings is 1. The lowest BCUT2D eigenvalue weighted by molar-refractivity contribution is 0.100. The highest BCUT2D eigenvalue weighted by Gasteiger charge is 2.23.